The van der Waals surface area contributed by atoms with Gasteiger partial charge in [-0.15, -0.1) is 0 Å². The third kappa shape index (κ3) is 5.15. The van der Waals surface area contributed by atoms with Crippen molar-refractivity contribution in [2.24, 2.45) is 0 Å². The van der Waals surface area contributed by atoms with Crippen LogP contribution in [0.25, 0.3) is 0 Å². The van der Waals surface area contributed by atoms with E-state index in [2.05, 4.69) is 24.7 Å². The highest BCUT2D eigenvalue weighted by molar-refractivity contribution is 5.01. The highest BCUT2D eigenvalue weighted by atomic mass is 19.4. The molecule has 0 N–H and O–H groups in total. The zero-order valence-electron chi connectivity index (χ0n) is 13.8. The maximum Gasteiger partial charge on any atom is 0.411 e. The molecule has 1 atom stereocenters. The first-order valence-corrected chi connectivity index (χ1v) is 8.30. The summed E-state index contributed by atoms with van der Waals surface area (Å²) in [6.07, 6.45) is -1.02. The molecular weight excluding hydrogens is 325 g/mol. The molecule has 3 rings (SSSR count). The first-order valence-electron chi connectivity index (χ1n) is 8.30. The minimum Gasteiger partial charge on any atom is -0.371 e. The van der Waals surface area contributed by atoms with Gasteiger partial charge in [0.1, 0.15) is 6.61 Å². The number of ether oxygens (including phenoxy) is 1. The van der Waals surface area contributed by atoms with Crippen molar-refractivity contribution in [3.63, 3.8) is 0 Å². The van der Waals surface area contributed by atoms with Crippen molar-refractivity contribution in [1.29, 1.82) is 0 Å². The van der Waals surface area contributed by atoms with Gasteiger partial charge in [-0.2, -0.15) is 18.2 Å². The Morgan fingerprint density at radius 1 is 1.33 bits per heavy atom. The zero-order valence-corrected chi connectivity index (χ0v) is 13.8. The SMILES string of the molecule is CN(Cc1noc(C2CC2)n1)[C@@H]1CCN(CCOCC(F)(F)F)C1. The smallest absolute Gasteiger partial charge is 0.371 e. The average Bonchev–Trinajstić information content (AvgIpc) is 3.07. The van der Waals surface area contributed by atoms with Crippen LogP contribution in [-0.2, 0) is 11.3 Å². The van der Waals surface area contributed by atoms with Crippen molar-refractivity contribution >= 4 is 0 Å². The van der Waals surface area contributed by atoms with Crippen molar-refractivity contribution in [2.45, 2.75) is 43.9 Å². The summed E-state index contributed by atoms with van der Waals surface area (Å²) in [6, 6.07) is 0.343. The monoisotopic (exact) mass is 348 g/mol. The Kier molecular flexibility index (Phi) is 5.41. The second kappa shape index (κ2) is 7.37. The van der Waals surface area contributed by atoms with E-state index in [-0.39, 0.29) is 6.61 Å². The third-order valence-corrected chi connectivity index (χ3v) is 4.49. The highest BCUT2D eigenvalue weighted by Gasteiger charge is 2.31. The summed E-state index contributed by atoms with van der Waals surface area (Å²) in [6.45, 7) is 1.76. The maximum atomic E-state index is 12.0. The van der Waals surface area contributed by atoms with E-state index in [0.29, 0.717) is 30.9 Å². The van der Waals surface area contributed by atoms with Gasteiger partial charge in [0, 0.05) is 25.0 Å². The van der Waals surface area contributed by atoms with E-state index in [0.717, 1.165) is 38.2 Å². The molecule has 0 radical (unpaired) electrons. The summed E-state index contributed by atoms with van der Waals surface area (Å²) in [7, 11) is 2.02. The molecule has 1 aliphatic carbocycles. The van der Waals surface area contributed by atoms with Gasteiger partial charge >= 0.3 is 6.18 Å². The number of nitrogens with zero attached hydrogens (tertiary/aromatic N) is 4. The lowest BCUT2D eigenvalue weighted by atomic mass is 10.2. The van der Waals surface area contributed by atoms with Crippen LogP contribution in [0.1, 0.15) is 36.9 Å². The quantitative estimate of drug-likeness (QED) is 0.670. The van der Waals surface area contributed by atoms with Crippen molar-refractivity contribution < 1.29 is 22.4 Å². The van der Waals surface area contributed by atoms with E-state index in [4.69, 9.17) is 4.52 Å². The largest absolute Gasteiger partial charge is 0.411 e. The normalized spacial score (nSPS) is 22.6. The first kappa shape index (κ1) is 17.6. The zero-order chi connectivity index (χ0) is 17.2. The molecule has 1 aromatic heterocycles. The van der Waals surface area contributed by atoms with Gasteiger partial charge < -0.3 is 9.26 Å². The lowest BCUT2D eigenvalue weighted by Crippen LogP contribution is -2.35. The van der Waals surface area contributed by atoms with E-state index in [1.807, 2.05) is 7.05 Å². The molecule has 2 heterocycles. The van der Waals surface area contributed by atoms with Crippen LogP contribution in [0.15, 0.2) is 4.52 Å². The second-order valence-electron chi connectivity index (χ2n) is 6.65. The number of hydrogen-bond donors (Lipinski definition) is 0. The van der Waals surface area contributed by atoms with Crippen LogP contribution in [0.2, 0.25) is 0 Å². The molecule has 0 unspecified atom stereocenters. The predicted octanol–water partition coefficient (Wildman–Crippen LogP) is 2.03. The molecule has 1 saturated carbocycles. The van der Waals surface area contributed by atoms with E-state index < -0.39 is 12.8 Å². The number of halogens is 3. The predicted molar refractivity (Wildman–Crippen MR) is 79.5 cm³/mol. The summed E-state index contributed by atoms with van der Waals surface area (Å²) in [5.41, 5.74) is 0. The summed E-state index contributed by atoms with van der Waals surface area (Å²) in [5, 5.41) is 4.02. The Balaban J connectivity index is 1.36. The summed E-state index contributed by atoms with van der Waals surface area (Å²) >= 11 is 0. The van der Waals surface area contributed by atoms with Crippen LogP contribution in [0.3, 0.4) is 0 Å². The number of likely N-dealkylation sites (N-methyl/N-ethyl adjacent to an activating group) is 1. The Hall–Kier alpha value is -1.19. The standard InChI is InChI=1S/C15H23F3N4O2/c1-21(9-13-19-14(24-20-13)11-2-3-11)12-4-5-22(8-12)6-7-23-10-15(16,17)18/h11-12H,2-10H2,1H3/t12-/m1/s1. The molecule has 2 aliphatic rings. The minimum atomic E-state index is -4.25. The fourth-order valence-electron chi connectivity index (χ4n) is 2.94. The molecule has 136 valence electrons. The van der Waals surface area contributed by atoms with E-state index in [1.165, 1.54) is 0 Å². The summed E-state index contributed by atoms with van der Waals surface area (Å²) < 4.78 is 46.0. The number of aromatic nitrogens is 2. The van der Waals surface area contributed by atoms with Gasteiger partial charge in [-0.05, 0) is 32.9 Å². The molecule has 1 aliphatic heterocycles. The van der Waals surface area contributed by atoms with Gasteiger partial charge in [-0.3, -0.25) is 9.80 Å². The first-order chi connectivity index (χ1) is 11.4. The maximum absolute atomic E-state index is 12.0. The second-order valence-corrected chi connectivity index (χ2v) is 6.65. The topological polar surface area (TPSA) is 54.6 Å². The fraction of sp³-hybridized carbons (Fsp3) is 0.867. The van der Waals surface area contributed by atoms with E-state index in [9.17, 15) is 13.2 Å². The van der Waals surface area contributed by atoms with Gasteiger partial charge in [-0.25, -0.2) is 0 Å². The molecule has 2 fully saturated rings. The van der Waals surface area contributed by atoms with Gasteiger partial charge in [0.25, 0.3) is 0 Å². The summed E-state index contributed by atoms with van der Waals surface area (Å²) in [4.78, 5) is 8.73. The molecule has 1 aromatic rings. The van der Waals surface area contributed by atoms with Crippen molar-refractivity contribution in [2.75, 3.05) is 39.9 Å². The lowest BCUT2D eigenvalue weighted by molar-refractivity contribution is -0.174. The molecular formula is C15H23F3N4O2. The van der Waals surface area contributed by atoms with E-state index >= 15 is 0 Å². The van der Waals surface area contributed by atoms with Crippen molar-refractivity contribution in [3.05, 3.63) is 11.7 Å². The van der Waals surface area contributed by atoms with Gasteiger partial charge in [0.2, 0.25) is 5.89 Å². The molecule has 1 saturated heterocycles. The molecule has 9 heteroatoms. The van der Waals surface area contributed by atoms with Crippen LogP contribution in [-0.4, -0.2) is 72.1 Å². The van der Waals surface area contributed by atoms with Crippen molar-refractivity contribution in [1.82, 2.24) is 19.9 Å². The number of likely N-dealkylation sites (tertiary alicyclic amines) is 1. The van der Waals surface area contributed by atoms with Gasteiger partial charge in [0.15, 0.2) is 5.82 Å². The fourth-order valence-corrected chi connectivity index (χ4v) is 2.94. The van der Waals surface area contributed by atoms with Gasteiger partial charge in [0.05, 0.1) is 13.2 Å². The minimum absolute atomic E-state index is 0.103. The van der Waals surface area contributed by atoms with Crippen LogP contribution in [0.4, 0.5) is 13.2 Å². The van der Waals surface area contributed by atoms with Crippen LogP contribution in [0.5, 0.6) is 0 Å². The number of hydrogen-bond acceptors (Lipinski definition) is 6. The van der Waals surface area contributed by atoms with Crippen molar-refractivity contribution in [3.8, 4) is 0 Å². The number of alkyl halides is 3. The van der Waals surface area contributed by atoms with Crippen LogP contribution in [0, 0.1) is 0 Å². The Labute approximate surface area is 138 Å². The molecule has 0 aromatic carbocycles. The Morgan fingerprint density at radius 3 is 2.83 bits per heavy atom. The molecule has 0 amide bonds. The van der Waals surface area contributed by atoms with Gasteiger partial charge in [-0.1, -0.05) is 5.16 Å². The Bertz CT molecular complexity index is 533. The van der Waals surface area contributed by atoms with Crippen LogP contribution < -0.4 is 0 Å². The Morgan fingerprint density at radius 2 is 2.12 bits per heavy atom. The lowest BCUT2D eigenvalue weighted by Gasteiger charge is -2.23. The molecule has 6 nitrogen and oxygen atoms in total. The average molecular weight is 348 g/mol. The molecule has 0 spiro atoms. The highest BCUT2D eigenvalue weighted by Crippen LogP contribution is 2.38. The molecule has 0 bridgehead atoms. The van der Waals surface area contributed by atoms with Crippen LogP contribution >= 0.6 is 0 Å². The van der Waals surface area contributed by atoms with E-state index in [1.54, 1.807) is 0 Å². The molecule has 24 heavy (non-hydrogen) atoms. The number of rotatable bonds is 8. The third-order valence-electron chi connectivity index (χ3n) is 4.49. The summed E-state index contributed by atoms with van der Waals surface area (Å²) in [5.74, 6) is 1.90.